The average Bonchev–Trinajstić information content (AvgIpc) is 3.04. The van der Waals surface area contributed by atoms with Crippen LogP contribution in [0, 0.1) is 0 Å². The third-order valence-corrected chi connectivity index (χ3v) is 2.93. The van der Waals surface area contributed by atoms with Crippen LogP contribution in [0.1, 0.15) is 18.4 Å². The van der Waals surface area contributed by atoms with Crippen LogP contribution in [-0.4, -0.2) is 19.4 Å². The van der Waals surface area contributed by atoms with Gasteiger partial charge in [0.15, 0.2) is 11.5 Å². The maximum absolute atomic E-state index is 12.3. The fourth-order valence-corrected chi connectivity index (χ4v) is 1.85. The number of alkyl halides is 2. The van der Waals surface area contributed by atoms with Crippen molar-refractivity contribution in [2.24, 2.45) is 0 Å². The van der Waals surface area contributed by atoms with Crippen molar-refractivity contribution in [3.8, 4) is 17.2 Å². The van der Waals surface area contributed by atoms with Gasteiger partial charge in [0, 0.05) is 24.2 Å². The quantitative estimate of drug-likeness (QED) is 0.878. The van der Waals surface area contributed by atoms with Crippen LogP contribution < -0.4 is 19.5 Å². The molecule has 0 saturated heterocycles. The normalized spacial score (nSPS) is 17.3. The molecule has 1 aliphatic carbocycles. The zero-order valence-electron chi connectivity index (χ0n) is 9.62. The van der Waals surface area contributed by atoms with Crippen molar-refractivity contribution < 1.29 is 23.0 Å². The van der Waals surface area contributed by atoms with Gasteiger partial charge in [-0.05, 0) is 18.9 Å². The van der Waals surface area contributed by atoms with E-state index >= 15 is 0 Å². The van der Waals surface area contributed by atoms with Gasteiger partial charge in [0.05, 0.1) is 0 Å². The van der Waals surface area contributed by atoms with Crippen LogP contribution in [0.2, 0.25) is 0 Å². The lowest BCUT2D eigenvalue weighted by molar-refractivity contribution is -0.0505. The second-order valence-electron chi connectivity index (χ2n) is 4.35. The minimum Gasteiger partial charge on any atom is -0.454 e. The van der Waals surface area contributed by atoms with Crippen molar-refractivity contribution in [1.29, 1.82) is 0 Å². The first-order valence-electron chi connectivity index (χ1n) is 5.83. The third kappa shape index (κ3) is 2.48. The summed E-state index contributed by atoms with van der Waals surface area (Å²) in [4.78, 5) is 0. The molecule has 1 N–H and O–H groups in total. The monoisotopic (exact) mass is 257 g/mol. The first kappa shape index (κ1) is 11.5. The molecule has 0 radical (unpaired) electrons. The van der Waals surface area contributed by atoms with Crippen LogP contribution in [0.3, 0.4) is 0 Å². The summed E-state index contributed by atoms with van der Waals surface area (Å²) in [6.07, 6.45) is 2.27. The first-order chi connectivity index (χ1) is 8.72. The second-order valence-corrected chi connectivity index (χ2v) is 4.35. The van der Waals surface area contributed by atoms with Crippen molar-refractivity contribution in [3.05, 3.63) is 17.7 Å². The van der Waals surface area contributed by atoms with Gasteiger partial charge in [-0.15, -0.1) is 0 Å². The van der Waals surface area contributed by atoms with E-state index in [1.165, 1.54) is 6.07 Å². The van der Waals surface area contributed by atoms with Gasteiger partial charge in [0.2, 0.25) is 6.79 Å². The highest BCUT2D eigenvalue weighted by Gasteiger charge is 2.23. The van der Waals surface area contributed by atoms with E-state index in [9.17, 15) is 8.78 Å². The lowest BCUT2D eigenvalue weighted by Crippen LogP contribution is -2.16. The maximum atomic E-state index is 12.3. The SMILES string of the molecule is FC(F)Oc1cc2c(cc1CNC1CC1)OCO2. The van der Waals surface area contributed by atoms with Crippen LogP contribution in [0.4, 0.5) is 8.78 Å². The van der Waals surface area contributed by atoms with Gasteiger partial charge >= 0.3 is 6.61 Å². The Balaban J connectivity index is 1.82. The van der Waals surface area contributed by atoms with E-state index in [1.807, 2.05) is 0 Å². The molecule has 1 heterocycles. The van der Waals surface area contributed by atoms with Gasteiger partial charge < -0.3 is 19.5 Å². The summed E-state index contributed by atoms with van der Waals surface area (Å²) in [6.45, 7) is -2.24. The smallest absolute Gasteiger partial charge is 0.387 e. The minimum absolute atomic E-state index is 0.114. The molecule has 0 bridgehead atoms. The van der Waals surface area contributed by atoms with E-state index in [1.54, 1.807) is 6.07 Å². The van der Waals surface area contributed by atoms with Crippen molar-refractivity contribution in [2.45, 2.75) is 32.0 Å². The molecule has 0 aromatic heterocycles. The Kier molecular flexibility index (Phi) is 2.95. The van der Waals surface area contributed by atoms with Crippen molar-refractivity contribution in [2.75, 3.05) is 6.79 Å². The molecular formula is C12H13F2NO3. The van der Waals surface area contributed by atoms with Gasteiger partial charge in [-0.1, -0.05) is 0 Å². The van der Waals surface area contributed by atoms with E-state index in [0.29, 0.717) is 29.6 Å². The minimum atomic E-state index is -2.84. The van der Waals surface area contributed by atoms with Crippen molar-refractivity contribution in [3.63, 3.8) is 0 Å². The molecule has 98 valence electrons. The number of fused-ring (bicyclic) bond motifs is 1. The summed E-state index contributed by atoms with van der Waals surface area (Å²) in [7, 11) is 0. The Morgan fingerprint density at radius 3 is 2.67 bits per heavy atom. The number of ether oxygens (including phenoxy) is 3. The van der Waals surface area contributed by atoms with Gasteiger partial charge in [-0.2, -0.15) is 8.78 Å². The summed E-state index contributed by atoms with van der Waals surface area (Å²) < 4.78 is 39.6. The Labute approximate surface area is 103 Å². The Bertz CT molecular complexity index is 449. The summed E-state index contributed by atoms with van der Waals surface area (Å²) in [5.41, 5.74) is 0.659. The topological polar surface area (TPSA) is 39.7 Å². The highest BCUT2D eigenvalue weighted by atomic mass is 19.3. The van der Waals surface area contributed by atoms with Crippen LogP contribution in [0.15, 0.2) is 12.1 Å². The summed E-state index contributed by atoms with van der Waals surface area (Å²) in [5, 5.41) is 3.26. The third-order valence-electron chi connectivity index (χ3n) is 2.93. The standard InChI is InChI=1S/C12H13F2NO3/c13-12(14)18-9-4-11-10(16-6-17-11)3-7(9)5-15-8-1-2-8/h3-4,8,12,15H,1-2,5-6H2. The predicted octanol–water partition coefficient (Wildman–Crippen LogP) is 2.27. The molecule has 2 aliphatic rings. The summed E-state index contributed by atoms with van der Waals surface area (Å²) in [6, 6.07) is 3.64. The molecule has 0 atom stereocenters. The van der Waals surface area contributed by atoms with E-state index in [-0.39, 0.29) is 12.5 Å². The Morgan fingerprint density at radius 2 is 2.00 bits per heavy atom. The molecule has 0 amide bonds. The zero-order valence-corrected chi connectivity index (χ0v) is 9.62. The summed E-state index contributed by atoms with van der Waals surface area (Å²) >= 11 is 0. The highest BCUT2D eigenvalue weighted by Crippen LogP contribution is 2.38. The van der Waals surface area contributed by atoms with Gasteiger partial charge in [-0.25, -0.2) is 0 Å². The number of hydrogen-bond acceptors (Lipinski definition) is 4. The molecule has 18 heavy (non-hydrogen) atoms. The molecular weight excluding hydrogens is 244 g/mol. The van der Waals surface area contributed by atoms with Crippen LogP contribution in [0.5, 0.6) is 17.2 Å². The Hall–Kier alpha value is -1.56. The van der Waals surface area contributed by atoms with E-state index in [0.717, 1.165) is 12.8 Å². The van der Waals surface area contributed by atoms with E-state index in [2.05, 4.69) is 10.1 Å². The van der Waals surface area contributed by atoms with Crippen molar-refractivity contribution in [1.82, 2.24) is 5.32 Å². The molecule has 1 aromatic carbocycles. The lowest BCUT2D eigenvalue weighted by atomic mass is 10.1. The maximum Gasteiger partial charge on any atom is 0.387 e. The molecule has 1 saturated carbocycles. The van der Waals surface area contributed by atoms with E-state index in [4.69, 9.17) is 9.47 Å². The van der Waals surface area contributed by atoms with Crippen LogP contribution in [0.25, 0.3) is 0 Å². The molecule has 4 nitrogen and oxygen atoms in total. The predicted molar refractivity (Wildman–Crippen MR) is 59.1 cm³/mol. The number of nitrogens with one attached hydrogen (secondary N) is 1. The average molecular weight is 257 g/mol. The van der Waals surface area contributed by atoms with Crippen LogP contribution >= 0.6 is 0 Å². The first-order valence-corrected chi connectivity index (χ1v) is 5.83. The molecule has 3 rings (SSSR count). The molecule has 1 fully saturated rings. The number of rotatable bonds is 5. The Morgan fingerprint density at radius 1 is 1.28 bits per heavy atom. The summed E-state index contributed by atoms with van der Waals surface area (Å²) in [5.74, 6) is 1.16. The van der Waals surface area contributed by atoms with Gasteiger partial charge in [-0.3, -0.25) is 0 Å². The largest absolute Gasteiger partial charge is 0.454 e. The van der Waals surface area contributed by atoms with Crippen molar-refractivity contribution >= 4 is 0 Å². The van der Waals surface area contributed by atoms with Crippen LogP contribution in [-0.2, 0) is 6.54 Å². The van der Waals surface area contributed by atoms with E-state index < -0.39 is 6.61 Å². The number of halogens is 2. The fraction of sp³-hybridized carbons (Fsp3) is 0.500. The number of hydrogen-bond donors (Lipinski definition) is 1. The van der Waals surface area contributed by atoms with Gasteiger partial charge in [0.25, 0.3) is 0 Å². The van der Waals surface area contributed by atoms with Gasteiger partial charge in [0.1, 0.15) is 5.75 Å². The molecule has 1 aromatic rings. The fourth-order valence-electron chi connectivity index (χ4n) is 1.85. The number of benzene rings is 1. The highest BCUT2D eigenvalue weighted by molar-refractivity contribution is 5.51. The molecule has 0 spiro atoms. The lowest BCUT2D eigenvalue weighted by Gasteiger charge is -2.12. The molecule has 6 heteroatoms. The second kappa shape index (κ2) is 4.61. The zero-order chi connectivity index (χ0) is 12.5. The molecule has 1 aliphatic heterocycles. The molecule has 0 unspecified atom stereocenters.